The number of methoxy groups -OCH3 is 2. The van der Waals surface area contributed by atoms with Crippen molar-refractivity contribution in [2.45, 2.75) is 25.6 Å². The molecule has 0 aromatic heterocycles. The van der Waals surface area contributed by atoms with Crippen molar-refractivity contribution in [3.05, 3.63) is 35.9 Å². The molecule has 20 heavy (non-hydrogen) atoms. The summed E-state index contributed by atoms with van der Waals surface area (Å²) in [4.78, 5) is 21.7. The summed E-state index contributed by atoms with van der Waals surface area (Å²) in [6, 6.07) is 9.53. The molecule has 0 N–H and O–H groups in total. The van der Waals surface area contributed by atoms with Crippen molar-refractivity contribution in [1.29, 1.82) is 0 Å². The van der Waals surface area contributed by atoms with Gasteiger partial charge in [-0.2, -0.15) is 0 Å². The number of hydrogen-bond donors (Lipinski definition) is 0. The minimum atomic E-state index is -0.676. The molecule has 5 nitrogen and oxygen atoms in total. The van der Waals surface area contributed by atoms with Gasteiger partial charge in [0.15, 0.2) is 6.10 Å². The van der Waals surface area contributed by atoms with Crippen LogP contribution in [-0.4, -0.2) is 39.7 Å². The lowest BCUT2D eigenvalue weighted by Gasteiger charge is -2.14. The van der Waals surface area contributed by atoms with Gasteiger partial charge >= 0.3 is 5.97 Å². The molecule has 0 aliphatic heterocycles. The second-order valence-electron chi connectivity index (χ2n) is 3.96. The number of aldehydes is 1. The summed E-state index contributed by atoms with van der Waals surface area (Å²) < 4.78 is 14.3. The van der Waals surface area contributed by atoms with Crippen LogP contribution in [0, 0.1) is 0 Å². The molecule has 0 spiro atoms. The first-order valence-electron chi connectivity index (χ1n) is 6.26. The number of benzene rings is 1. The standard InChI is InChI=1S/C13H16O4.C2H6O/c1-16-13(15)12(8-5-9-14)17-10-11-6-3-2-4-7-11;1-3-2/h2-4,6-7,9,12H,5,8,10H2,1H3;1-2H3. The largest absolute Gasteiger partial charge is 0.467 e. The number of ether oxygens (including phenoxy) is 3. The van der Waals surface area contributed by atoms with Crippen LogP contribution < -0.4 is 0 Å². The lowest BCUT2D eigenvalue weighted by Crippen LogP contribution is -2.25. The van der Waals surface area contributed by atoms with Gasteiger partial charge in [-0.1, -0.05) is 30.3 Å². The van der Waals surface area contributed by atoms with E-state index in [-0.39, 0.29) is 6.42 Å². The third-order valence-corrected chi connectivity index (χ3v) is 2.30. The van der Waals surface area contributed by atoms with Crippen molar-refractivity contribution in [1.82, 2.24) is 0 Å². The Balaban J connectivity index is 0.00000110. The quantitative estimate of drug-likeness (QED) is 0.565. The number of rotatable bonds is 7. The van der Waals surface area contributed by atoms with E-state index in [1.807, 2.05) is 30.3 Å². The average molecular weight is 282 g/mol. The van der Waals surface area contributed by atoms with Crippen LogP contribution in [0.5, 0.6) is 0 Å². The lowest BCUT2D eigenvalue weighted by molar-refractivity contribution is -0.155. The van der Waals surface area contributed by atoms with Crippen LogP contribution in [-0.2, 0) is 30.4 Å². The molecule has 1 rings (SSSR count). The van der Waals surface area contributed by atoms with Crippen molar-refractivity contribution in [2.24, 2.45) is 0 Å². The second kappa shape index (κ2) is 12.3. The van der Waals surface area contributed by atoms with E-state index in [0.29, 0.717) is 13.0 Å². The van der Waals surface area contributed by atoms with Gasteiger partial charge in [-0.15, -0.1) is 0 Å². The van der Waals surface area contributed by atoms with E-state index in [0.717, 1.165) is 11.8 Å². The summed E-state index contributed by atoms with van der Waals surface area (Å²) in [5, 5.41) is 0. The first kappa shape index (κ1) is 18.3. The summed E-state index contributed by atoms with van der Waals surface area (Å²) in [5.74, 6) is -0.442. The van der Waals surface area contributed by atoms with Crippen LogP contribution in [0.4, 0.5) is 0 Å². The van der Waals surface area contributed by atoms with Gasteiger partial charge in [0.05, 0.1) is 13.7 Å². The van der Waals surface area contributed by atoms with Crippen molar-refractivity contribution in [2.75, 3.05) is 21.3 Å². The first-order valence-corrected chi connectivity index (χ1v) is 6.26. The maximum absolute atomic E-state index is 11.4. The zero-order valence-electron chi connectivity index (χ0n) is 12.2. The highest BCUT2D eigenvalue weighted by Crippen LogP contribution is 2.08. The molecule has 1 aromatic rings. The van der Waals surface area contributed by atoms with Crippen LogP contribution >= 0.6 is 0 Å². The number of esters is 1. The van der Waals surface area contributed by atoms with Crippen LogP contribution in [0.3, 0.4) is 0 Å². The number of carbonyl (C=O) groups is 2. The van der Waals surface area contributed by atoms with Crippen LogP contribution in [0.25, 0.3) is 0 Å². The van der Waals surface area contributed by atoms with E-state index in [1.165, 1.54) is 7.11 Å². The molecule has 0 fully saturated rings. The van der Waals surface area contributed by atoms with E-state index in [1.54, 1.807) is 14.2 Å². The summed E-state index contributed by atoms with van der Waals surface area (Å²) >= 11 is 0. The Kier molecular flexibility index (Phi) is 11.3. The van der Waals surface area contributed by atoms with Gasteiger partial charge < -0.3 is 19.0 Å². The normalized spacial score (nSPS) is 10.9. The van der Waals surface area contributed by atoms with Crippen molar-refractivity contribution in [3.63, 3.8) is 0 Å². The van der Waals surface area contributed by atoms with Gasteiger partial charge in [0.2, 0.25) is 0 Å². The Morgan fingerprint density at radius 1 is 1.20 bits per heavy atom. The molecule has 0 aliphatic rings. The molecule has 0 saturated heterocycles. The highest BCUT2D eigenvalue weighted by molar-refractivity contribution is 5.74. The topological polar surface area (TPSA) is 61.8 Å². The van der Waals surface area contributed by atoms with E-state index in [2.05, 4.69) is 9.47 Å². The highest BCUT2D eigenvalue weighted by atomic mass is 16.6. The minimum absolute atomic E-state index is 0.286. The monoisotopic (exact) mass is 282 g/mol. The van der Waals surface area contributed by atoms with E-state index in [4.69, 9.17) is 4.74 Å². The molecule has 112 valence electrons. The molecule has 0 saturated carbocycles. The third-order valence-electron chi connectivity index (χ3n) is 2.30. The fraction of sp³-hybridized carbons (Fsp3) is 0.467. The smallest absolute Gasteiger partial charge is 0.334 e. The Morgan fingerprint density at radius 2 is 1.80 bits per heavy atom. The Labute approximate surface area is 119 Å². The molecular weight excluding hydrogens is 260 g/mol. The predicted octanol–water partition coefficient (Wildman–Crippen LogP) is 1.99. The predicted molar refractivity (Wildman–Crippen MR) is 75.3 cm³/mol. The van der Waals surface area contributed by atoms with Gasteiger partial charge in [-0.3, -0.25) is 0 Å². The van der Waals surface area contributed by atoms with Crippen LogP contribution in [0.15, 0.2) is 30.3 Å². The minimum Gasteiger partial charge on any atom is -0.467 e. The molecule has 0 radical (unpaired) electrons. The molecule has 1 atom stereocenters. The van der Waals surface area contributed by atoms with Crippen molar-refractivity contribution in [3.8, 4) is 0 Å². The number of carbonyl (C=O) groups excluding carboxylic acids is 2. The fourth-order valence-corrected chi connectivity index (χ4v) is 1.39. The average Bonchev–Trinajstić information content (AvgIpc) is 2.48. The molecule has 0 heterocycles. The molecular formula is C15H22O5. The summed E-state index contributed by atoms with van der Waals surface area (Å²) in [5.41, 5.74) is 0.979. The highest BCUT2D eigenvalue weighted by Gasteiger charge is 2.19. The Morgan fingerprint density at radius 3 is 2.30 bits per heavy atom. The molecule has 0 aliphatic carbocycles. The Hall–Kier alpha value is -1.72. The SMILES string of the molecule is COC.COC(=O)C(CCC=O)OCc1ccccc1. The van der Waals surface area contributed by atoms with Crippen LogP contribution in [0.1, 0.15) is 18.4 Å². The van der Waals surface area contributed by atoms with Crippen LogP contribution in [0.2, 0.25) is 0 Å². The van der Waals surface area contributed by atoms with Gasteiger partial charge in [0.25, 0.3) is 0 Å². The maximum Gasteiger partial charge on any atom is 0.334 e. The summed E-state index contributed by atoms with van der Waals surface area (Å²) in [7, 11) is 4.56. The van der Waals surface area contributed by atoms with Gasteiger partial charge in [-0.25, -0.2) is 4.79 Å². The number of hydrogen-bond acceptors (Lipinski definition) is 5. The third kappa shape index (κ3) is 8.39. The Bertz CT molecular complexity index is 364. The maximum atomic E-state index is 11.4. The molecule has 1 aromatic carbocycles. The molecule has 0 amide bonds. The molecule has 5 heteroatoms. The van der Waals surface area contributed by atoms with Gasteiger partial charge in [-0.05, 0) is 12.0 Å². The van der Waals surface area contributed by atoms with Crippen molar-refractivity contribution < 1.29 is 23.8 Å². The van der Waals surface area contributed by atoms with E-state index >= 15 is 0 Å². The lowest BCUT2D eigenvalue weighted by atomic mass is 10.2. The fourth-order valence-electron chi connectivity index (χ4n) is 1.39. The van der Waals surface area contributed by atoms with E-state index < -0.39 is 12.1 Å². The molecule has 0 bridgehead atoms. The second-order valence-corrected chi connectivity index (χ2v) is 3.96. The van der Waals surface area contributed by atoms with E-state index in [9.17, 15) is 9.59 Å². The van der Waals surface area contributed by atoms with Crippen molar-refractivity contribution >= 4 is 12.3 Å². The zero-order chi connectivity index (χ0) is 15.2. The first-order chi connectivity index (χ1) is 9.69. The van der Waals surface area contributed by atoms with Gasteiger partial charge in [0.1, 0.15) is 6.29 Å². The zero-order valence-corrected chi connectivity index (χ0v) is 12.2. The van der Waals surface area contributed by atoms with Gasteiger partial charge in [0, 0.05) is 20.6 Å². The summed E-state index contributed by atoms with van der Waals surface area (Å²) in [6.07, 6.45) is 0.727. The summed E-state index contributed by atoms with van der Waals surface area (Å²) in [6.45, 7) is 0.333. The molecule has 1 unspecified atom stereocenters.